The monoisotopic (exact) mass is 339 g/mol. The van der Waals surface area contributed by atoms with Crippen LogP contribution in [0.1, 0.15) is 32.6 Å². The number of benzene rings is 3. The van der Waals surface area contributed by atoms with E-state index >= 15 is 0 Å². The van der Waals surface area contributed by atoms with Gasteiger partial charge in [0.05, 0.1) is 0 Å². The number of carbonyl (C=O) groups excluding carboxylic acids is 1. The molecule has 3 aromatic carbocycles. The zero-order valence-electron chi connectivity index (χ0n) is 14.8. The van der Waals surface area contributed by atoms with Crippen LogP contribution in [0.2, 0.25) is 0 Å². The second kappa shape index (κ2) is 8.69. The number of hydrogen-bond acceptors (Lipinski definition) is 1. The summed E-state index contributed by atoms with van der Waals surface area (Å²) in [7, 11) is 0. The average molecular weight is 339 g/mol. The van der Waals surface area contributed by atoms with Gasteiger partial charge in [-0.05, 0) is 55.3 Å². The minimum atomic E-state index is -0.0559. The van der Waals surface area contributed by atoms with Crippen molar-refractivity contribution >= 4 is 5.91 Å². The molecule has 128 valence electrons. The lowest BCUT2D eigenvalue weighted by atomic mass is 10.1. The van der Waals surface area contributed by atoms with Crippen molar-refractivity contribution in [3.8, 4) is 11.8 Å². The fourth-order valence-corrected chi connectivity index (χ4v) is 2.55. The summed E-state index contributed by atoms with van der Waals surface area (Å²) >= 11 is 0. The first-order valence-corrected chi connectivity index (χ1v) is 8.71. The maximum Gasteiger partial charge on any atom is 0.251 e. The third-order valence-electron chi connectivity index (χ3n) is 4.09. The molecule has 0 saturated carbocycles. The third kappa shape index (κ3) is 5.09. The summed E-state index contributed by atoms with van der Waals surface area (Å²) in [6.45, 7) is 2.69. The highest BCUT2D eigenvalue weighted by Gasteiger charge is 2.04. The molecule has 0 spiro atoms. The van der Waals surface area contributed by atoms with E-state index in [9.17, 15) is 4.79 Å². The van der Waals surface area contributed by atoms with Gasteiger partial charge in [-0.1, -0.05) is 59.9 Å². The minimum Gasteiger partial charge on any atom is -0.352 e. The Hall–Kier alpha value is -3.31. The van der Waals surface area contributed by atoms with Crippen molar-refractivity contribution in [3.63, 3.8) is 0 Å². The molecule has 2 nitrogen and oxygen atoms in total. The van der Waals surface area contributed by atoms with Gasteiger partial charge in [0, 0.05) is 23.2 Å². The maximum absolute atomic E-state index is 12.2. The number of amides is 1. The van der Waals surface area contributed by atoms with Crippen LogP contribution in [0.4, 0.5) is 0 Å². The molecule has 0 radical (unpaired) electrons. The van der Waals surface area contributed by atoms with Gasteiger partial charge in [-0.15, -0.1) is 0 Å². The Labute approximate surface area is 154 Å². The Morgan fingerprint density at radius 2 is 1.42 bits per heavy atom. The van der Waals surface area contributed by atoms with Crippen molar-refractivity contribution in [1.29, 1.82) is 0 Å². The minimum absolute atomic E-state index is 0.0559. The average Bonchev–Trinajstić information content (AvgIpc) is 2.69. The Balaban J connectivity index is 1.53. The van der Waals surface area contributed by atoms with E-state index in [4.69, 9.17) is 0 Å². The first-order valence-electron chi connectivity index (χ1n) is 8.71. The zero-order chi connectivity index (χ0) is 18.2. The molecule has 0 bridgehead atoms. The lowest BCUT2D eigenvalue weighted by Gasteiger charge is -2.06. The molecule has 0 aliphatic heterocycles. The van der Waals surface area contributed by atoms with Crippen LogP contribution in [0.5, 0.6) is 0 Å². The summed E-state index contributed by atoms with van der Waals surface area (Å²) in [5, 5.41) is 2.96. The van der Waals surface area contributed by atoms with Crippen molar-refractivity contribution in [1.82, 2.24) is 5.32 Å². The molecular weight excluding hydrogens is 318 g/mol. The molecule has 0 aromatic heterocycles. The Kier molecular flexibility index (Phi) is 5.85. The molecule has 1 amide bonds. The Morgan fingerprint density at radius 3 is 2.08 bits per heavy atom. The van der Waals surface area contributed by atoms with E-state index in [2.05, 4.69) is 48.3 Å². The van der Waals surface area contributed by atoms with Gasteiger partial charge in [0.25, 0.3) is 5.91 Å². The highest BCUT2D eigenvalue weighted by molar-refractivity contribution is 5.94. The first-order chi connectivity index (χ1) is 12.7. The number of rotatable bonds is 4. The van der Waals surface area contributed by atoms with Crippen molar-refractivity contribution in [2.75, 3.05) is 6.54 Å². The standard InChI is InChI=1S/C24H21NO/c1-19-7-9-22(10-8-19)17-18-25-24(26)23-15-13-21(14-16-23)12-11-20-5-3-2-4-6-20/h2-10,13-16H,17-18H2,1H3,(H,25,26). The summed E-state index contributed by atoms with van der Waals surface area (Å²) in [4.78, 5) is 12.2. The molecule has 0 unspecified atom stereocenters. The first kappa shape index (κ1) is 17.5. The molecule has 0 heterocycles. The summed E-state index contributed by atoms with van der Waals surface area (Å²) in [6, 6.07) is 25.6. The van der Waals surface area contributed by atoms with Crippen LogP contribution < -0.4 is 5.32 Å². The van der Waals surface area contributed by atoms with E-state index < -0.39 is 0 Å². The van der Waals surface area contributed by atoms with Crippen LogP contribution in [0.15, 0.2) is 78.9 Å². The zero-order valence-corrected chi connectivity index (χ0v) is 14.8. The van der Waals surface area contributed by atoms with Gasteiger partial charge >= 0.3 is 0 Å². The third-order valence-corrected chi connectivity index (χ3v) is 4.09. The molecule has 0 aliphatic rings. The summed E-state index contributed by atoms with van der Waals surface area (Å²) in [5.41, 5.74) is 4.99. The maximum atomic E-state index is 12.2. The Bertz CT molecular complexity index is 914. The molecule has 0 atom stereocenters. The normalized spacial score (nSPS) is 9.88. The van der Waals surface area contributed by atoms with Crippen molar-refractivity contribution in [2.45, 2.75) is 13.3 Å². The van der Waals surface area contributed by atoms with Gasteiger partial charge in [0.2, 0.25) is 0 Å². The molecule has 0 aliphatic carbocycles. The van der Waals surface area contributed by atoms with E-state index in [0.717, 1.165) is 17.5 Å². The van der Waals surface area contributed by atoms with Crippen LogP contribution in [-0.4, -0.2) is 12.5 Å². The predicted molar refractivity (Wildman–Crippen MR) is 106 cm³/mol. The fraction of sp³-hybridized carbons (Fsp3) is 0.125. The highest BCUT2D eigenvalue weighted by Crippen LogP contribution is 2.06. The van der Waals surface area contributed by atoms with Crippen LogP contribution in [0, 0.1) is 18.8 Å². The van der Waals surface area contributed by atoms with E-state index in [-0.39, 0.29) is 5.91 Å². The topological polar surface area (TPSA) is 29.1 Å². The highest BCUT2D eigenvalue weighted by atomic mass is 16.1. The largest absolute Gasteiger partial charge is 0.352 e. The van der Waals surface area contributed by atoms with Gasteiger partial charge in [-0.2, -0.15) is 0 Å². The molecule has 2 heteroatoms. The Morgan fingerprint density at radius 1 is 0.808 bits per heavy atom. The van der Waals surface area contributed by atoms with Gasteiger partial charge in [0.1, 0.15) is 0 Å². The van der Waals surface area contributed by atoms with E-state index in [1.807, 2.05) is 54.6 Å². The number of aryl methyl sites for hydroxylation is 1. The number of carbonyl (C=O) groups is 1. The molecule has 1 N–H and O–H groups in total. The summed E-state index contributed by atoms with van der Waals surface area (Å²) in [6.07, 6.45) is 0.826. The number of nitrogens with one attached hydrogen (secondary N) is 1. The van der Waals surface area contributed by atoms with Crippen LogP contribution in [0.25, 0.3) is 0 Å². The quantitative estimate of drug-likeness (QED) is 0.703. The van der Waals surface area contributed by atoms with Crippen molar-refractivity contribution < 1.29 is 4.79 Å². The lowest BCUT2D eigenvalue weighted by Crippen LogP contribution is -2.25. The molecule has 3 rings (SSSR count). The second-order valence-electron chi connectivity index (χ2n) is 6.18. The molecular formula is C24H21NO. The van der Waals surface area contributed by atoms with Gasteiger partial charge in [-0.25, -0.2) is 0 Å². The van der Waals surface area contributed by atoms with Gasteiger partial charge in [0.15, 0.2) is 0 Å². The SMILES string of the molecule is Cc1ccc(CCNC(=O)c2ccc(C#Cc3ccccc3)cc2)cc1. The lowest BCUT2D eigenvalue weighted by molar-refractivity contribution is 0.0954. The van der Waals surface area contributed by atoms with Crippen molar-refractivity contribution in [2.24, 2.45) is 0 Å². The summed E-state index contributed by atoms with van der Waals surface area (Å²) < 4.78 is 0. The van der Waals surface area contributed by atoms with E-state index in [1.165, 1.54) is 11.1 Å². The van der Waals surface area contributed by atoms with Crippen molar-refractivity contribution in [3.05, 3.63) is 107 Å². The summed E-state index contributed by atoms with van der Waals surface area (Å²) in [5.74, 6) is 6.17. The van der Waals surface area contributed by atoms with Gasteiger partial charge in [-0.3, -0.25) is 4.79 Å². The molecule has 26 heavy (non-hydrogen) atoms. The smallest absolute Gasteiger partial charge is 0.251 e. The predicted octanol–water partition coefficient (Wildman–Crippen LogP) is 4.37. The molecule has 0 saturated heterocycles. The van der Waals surface area contributed by atoms with Crippen LogP contribution in [-0.2, 0) is 6.42 Å². The fourth-order valence-electron chi connectivity index (χ4n) is 2.55. The molecule has 3 aromatic rings. The van der Waals surface area contributed by atoms with Crippen LogP contribution >= 0.6 is 0 Å². The second-order valence-corrected chi connectivity index (χ2v) is 6.18. The molecule has 0 fully saturated rings. The van der Waals surface area contributed by atoms with E-state index in [0.29, 0.717) is 12.1 Å². The van der Waals surface area contributed by atoms with Crippen LogP contribution in [0.3, 0.4) is 0 Å². The van der Waals surface area contributed by atoms with Gasteiger partial charge < -0.3 is 5.32 Å². The van der Waals surface area contributed by atoms with E-state index in [1.54, 1.807) is 0 Å². The number of hydrogen-bond donors (Lipinski definition) is 1.